The van der Waals surface area contributed by atoms with Crippen molar-refractivity contribution in [3.05, 3.63) is 74.8 Å². The number of thiol groups is 1. The molecule has 0 saturated heterocycles. The maximum absolute atomic E-state index is 13.8. The molecule has 2 amide bonds. The minimum absolute atomic E-state index is 0.0167. The molecule has 2 aromatic rings. The molecule has 4 rings (SSSR count). The van der Waals surface area contributed by atoms with Crippen LogP contribution in [-0.2, 0) is 25.4 Å². The molecule has 0 unspecified atom stereocenters. The number of benzene rings is 2. The average Bonchev–Trinajstić information content (AvgIpc) is 3.73. The maximum Gasteiger partial charge on any atom is 0.412 e. The van der Waals surface area contributed by atoms with Gasteiger partial charge in [-0.2, -0.15) is 17.9 Å². The molecule has 2 aromatic carbocycles. The molecule has 16 nitrogen and oxygen atoms in total. The first-order chi connectivity index (χ1) is 30.6. The van der Waals surface area contributed by atoms with E-state index in [0.29, 0.717) is 44.6 Å². The van der Waals surface area contributed by atoms with Gasteiger partial charge in [0, 0.05) is 22.6 Å². The van der Waals surface area contributed by atoms with Crippen molar-refractivity contribution in [3.8, 4) is 29.1 Å². The smallest absolute Gasteiger partial charge is 0.412 e. The second-order valence-corrected chi connectivity index (χ2v) is 24.3. The Labute approximate surface area is 400 Å². The van der Waals surface area contributed by atoms with Gasteiger partial charge in [-0.15, -0.1) is 6.61 Å². The molecule has 0 spiro atoms. The van der Waals surface area contributed by atoms with Crippen molar-refractivity contribution in [2.45, 2.75) is 93.2 Å². The van der Waals surface area contributed by atoms with Crippen LogP contribution in [0.5, 0.6) is 23.0 Å². The molecule has 0 bridgehead atoms. The number of nitrogens with one attached hydrogen (secondary N) is 2. The summed E-state index contributed by atoms with van der Waals surface area (Å²) in [7, 11) is -0.862. The predicted molar refractivity (Wildman–Crippen MR) is 252 cm³/mol. The highest BCUT2D eigenvalue weighted by molar-refractivity contribution is 7.80. The van der Waals surface area contributed by atoms with Crippen LogP contribution in [0, 0.1) is 25.2 Å². The SMILES string of the molecule is C=CCOC(=O)N[C@@H](Cc1cc(C)c(OC)c(O[Si](C)(C)C(C)(C)C)c1)[C@H](C#N)N1[C@H](C[O-])C=c2c(OCC=C)c(C)c3c(c2[C@@H]1COC(=O)[C@H](CS)NC(=O)OCC(Cl)(Cl)Cl)OC[O+]=3. The summed E-state index contributed by atoms with van der Waals surface area (Å²) in [6.45, 7) is 19.4. The predicted octanol–water partition coefficient (Wildman–Crippen LogP) is 5.45. The van der Waals surface area contributed by atoms with Crippen LogP contribution in [0.3, 0.4) is 0 Å². The van der Waals surface area contributed by atoms with E-state index in [1.54, 1.807) is 31.1 Å². The monoisotopic (exact) mass is 998 g/mol. The van der Waals surface area contributed by atoms with Gasteiger partial charge in [0.25, 0.3) is 8.32 Å². The number of carbonyl (C=O) groups is 3. The zero-order valence-corrected chi connectivity index (χ0v) is 41.9. The molecule has 0 aliphatic carbocycles. The van der Waals surface area contributed by atoms with Crippen molar-refractivity contribution in [2.24, 2.45) is 0 Å². The molecule has 0 fully saturated rings. The second-order valence-electron chi connectivity index (χ2n) is 16.7. The fourth-order valence-corrected chi connectivity index (χ4v) is 8.56. The van der Waals surface area contributed by atoms with E-state index < -0.39 is 80.3 Å². The fraction of sp³-hybridized carbons (Fsp3) is 0.523. The van der Waals surface area contributed by atoms with E-state index in [1.807, 2.05) is 19.1 Å². The van der Waals surface area contributed by atoms with Gasteiger partial charge in [-0.25, -0.2) is 18.8 Å². The third kappa shape index (κ3) is 13.2. The van der Waals surface area contributed by atoms with E-state index in [4.69, 9.17) is 72.1 Å². The van der Waals surface area contributed by atoms with Gasteiger partial charge in [0.15, 0.2) is 5.75 Å². The minimum Gasteiger partial charge on any atom is -0.853 e. The number of aryl methyl sites for hydroxylation is 1. The average molecular weight is 1000 g/mol. The standard InChI is InChI=1S/C44H57Cl3N4O12SSi/c1-11-13-57-37-26(4)38-39(62-24-61-38)35-29(37)18-28(20-52)51(33(35)21-59-40(53)31(22-64)50-42(55)60-23-44(45,46)47)32(19-48)30(49-41(54)58-14-12-2)16-27-15-25(3)36(56-8)34(17-27)63-65(9,10)43(5,6)7/h11-12,15,17-18,28,30-33,64H,1-2,13-14,16,20-24H2,3-10H3,(H,49,54)(H,50,55)/t28-,30-,31-,32-,33-/m0/s1. The number of nitrogens with zero attached hydrogens (tertiary/aromatic N) is 2. The van der Waals surface area contributed by atoms with Gasteiger partial charge in [0.1, 0.15) is 50.0 Å². The fourth-order valence-electron chi connectivity index (χ4n) is 7.15. The summed E-state index contributed by atoms with van der Waals surface area (Å²) in [6.07, 6.45) is 2.67. The topological polar surface area (TPSA) is 201 Å². The number of alkyl carbamates (subject to hydrolysis) is 2. The maximum atomic E-state index is 13.8. The molecule has 2 aliphatic heterocycles. The highest BCUT2D eigenvalue weighted by Crippen LogP contribution is 2.42. The van der Waals surface area contributed by atoms with Crippen molar-refractivity contribution in [1.29, 1.82) is 5.26 Å². The molecule has 0 radical (unpaired) electrons. The first-order valence-corrected chi connectivity index (χ1v) is 25.2. The number of rotatable bonds is 20. The Morgan fingerprint density at radius 3 is 2.35 bits per heavy atom. The van der Waals surface area contributed by atoms with Crippen LogP contribution in [-0.4, -0.2) is 112 Å². The normalized spacial score (nSPS) is 17.2. The van der Waals surface area contributed by atoms with Crippen LogP contribution < -0.4 is 45.0 Å². The Kier molecular flexibility index (Phi) is 18.8. The Morgan fingerprint density at radius 2 is 1.77 bits per heavy atom. The third-order valence-corrected chi connectivity index (χ3v) is 16.2. The molecule has 0 aromatic heterocycles. The molecule has 2 N–H and O–H groups in total. The molecule has 0 saturated carbocycles. The number of nitriles is 1. The lowest BCUT2D eigenvalue weighted by atomic mass is 9.88. The molecule has 65 heavy (non-hydrogen) atoms. The van der Waals surface area contributed by atoms with E-state index in [1.165, 1.54) is 6.08 Å². The van der Waals surface area contributed by atoms with E-state index in [2.05, 4.69) is 76.4 Å². The van der Waals surface area contributed by atoms with Crippen LogP contribution in [0.2, 0.25) is 18.1 Å². The number of hydrogen-bond acceptors (Lipinski definition) is 14. The second kappa shape index (κ2) is 22.9. The van der Waals surface area contributed by atoms with Crippen LogP contribution in [0.15, 0.2) is 41.9 Å². The van der Waals surface area contributed by atoms with Gasteiger partial charge >= 0.3 is 30.4 Å². The van der Waals surface area contributed by atoms with Crippen LogP contribution in [0.25, 0.3) is 6.08 Å². The van der Waals surface area contributed by atoms with Crippen LogP contribution in [0.4, 0.5) is 9.59 Å². The number of hydrogen-bond donors (Lipinski definition) is 3. The van der Waals surface area contributed by atoms with E-state index in [0.717, 1.165) is 5.56 Å². The Hall–Kier alpha value is -4.35. The highest BCUT2D eigenvalue weighted by Gasteiger charge is 2.45. The lowest BCUT2D eigenvalue weighted by Gasteiger charge is -2.46. The molecule has 356 valence electrons. The first kappa shape index (κ1) is 53.3. The van der Waals surface area contributed by atoms with Gasteiger partial charge < -0.3 is 48.6 Å². The third-order valence-electron chi connectivity index (χ3n) is 11.1. The highest BCUT2D eigenvalue weighted by atomic mass is 35.6. The number of esters is 1. The molecular weight excluding hydrogens is 943 g/mol. The summed E-state index contributed by atoms with van der Waals surface area (Å²) in [5.41, 5.74) is 2.67. The van der Waals surface area contributed by atoms with E-state index in [9.17, 15) is 24.8 Å². The summed E-state index contributed by atoms with van der Waals surface area (Å²) < 4.78 is 45.1. The molecule has 21 heteroatoms. The summed E-state index contributed by atoms with van der Waals surface area (Å²) in [6, 6.07) is -0.000217. The lowest BCUT2D eigenvalue weighted by molar-refractivity contribution is -0.375. The van der Waals surface area contributed by atoms with Crippen molar-refractivity contribution in [2.75, 3.05) is 52.7 Å². The zero-order chi connectivity index (χ0) is 48.4. The Balaban J connectivity index is 1.92. The van der Waals surface area contributed by atoms with Crippen molar-refractivity contribution >= 4 is 80.0 Å². The van der Waals surface area contributed by atoms with E-state index >= 15 is 0 Å². The zero-order valence-electron chi connectivity index (χ0n) is 37.7. The van der Waals surface area contributed by atoms with Crippen molar-refractivity contribution < 1.29 is 52.3 Å². The summed E-state index contributed by atoms with van der Waals surface area (Å²) in [5, 5.41) is 30.3. The van der Waals surface area contributed by atoms with Gasteiger partial charge in [0.05, 0.1) is 30.8 Å². The Bertz CT molecular complexity index is 2270. The van der Waals surface area contributed by atoms with Crippen LogP contribution >= 0.6 is 47.4 Å². The number of fused-ring (bicyclic) bond motifs is 3. The van der Waals surface area contributed by atoms with Crippen molar-refractivity contribution in [3.63, 3.8) is 0 Å². The van der Waals surface area contributed by atoms with Gasteiger partial charge in [-0.05, 0) is 55.6 Å². The molecular formula is C44H57Cl3N4O12SSi. The molecule has 2 aliphatic rings. The molecule has 5 atom stereocenters. The number of alkyl halides is 3. The van der Waals surface area contributed by atoms with Crippen molar-refractivity contribution in [1.82, 2.24) is 15.5 Å². The number of methoxy groups -OCH3 is 1. The van der Waals surface area contributed by atoms with Gasteiger partial charge in [0.2, 0.25) is 9.54 Å². The minimum atomic E-state index is -2.42. The molecule has 2 heterocycles. The summed E-state index contributed by atoms with van der Waals surface area (Å²) in [4.78, 5) is 41.5. The lowest BCUT2D eigenvalue weighted by Crippen LogP contribution is -2.60. The quantitative estimate of drug-likeness (QED) is 0.0288. The number of halogens is 3. The largest absolute Gasteiger partial charge is 0.853 e. The Morgan fingerprint density at radius 1 is 1.09 bits per heavy atom. The van der Waals surface area contributed by atoms with Gasteiger partial charge in [-0.1, -0.05) is 93.0 Å². The van der Waals surface area contributed by atoms with E-state index in [-0.39, 0.29) is 43.0 Å². The number of amides is 2. The van der Waals surface area contributed by atoms with Gasteiger partial charge in [-0.3, -0.25) is 4.90 Å². The number of ether oxygens (including phenoxy) is 6. The first-order valence-electron chi connectivity index (χ1n) is 20.5. The number of carbonyl (C=O) groups excluding carboxylic acids is 3. The van der Waals surface area contributed by atoms with Crippen LogP contribution in [0.1, 0.15) is 49.1 Å². The summed E-state index contributed by atoms with van der Waals surface area (Å²) in [5.74, 6) is 0.453. The summed E-state index contributed by atoms with van der Waals surface area (Å²) >= 11 is 21.4.